The molecule has 2 rings (SSSR count). The Hall–Kier alpha value is -2.56. The number of hydrogen-bond donors (Lipinski definition) is 2. The highest BCUT2D eigenvalue weighted by Crippen LogP contribution is 2.23. The number of phenols is 2. The molecule has 2 aromatic rings. The van der Waals surface area contributed by atoms with E-state index in [1.54, 1.807) is 30.1 Å². The van der Waals surface area contributed by atoms with Crippen molar-refractivity contribution in [2.75, 3.05) is 0 Å². The zero-order chi connectivity index (χ0) is 13.1. The van der Waals surface area contributed by atoms with Crippen LogP contribution in [0.1, 0.15) is 16.1 Å². The summed E-state index contributed by atoms with van der Waals surface area (Å²) in [5.74, 6) is -0.664. The van der Waals surface area contributed by atoms with Gasteiger partial charge in [0.15, 0.2) is 5.78 Å². The van der Waals surface area contributed by atoms with Gasteiger partial charge in [0.25, 0.3) is 0 Å². The molecule has 1 aromatic carbocycles. The molecule has 0 aliphatic heterocycles. The topological polar surface area (TPSA) is 75.4 Å². The zero-order valence-electron chi connectivity index (χ0n) is 9.74. The second-order valence-electron chi connectivity index (χ2n) is 3.78. The van der Waals surface area contributed by atoms with Gasteiger partial charge in [-0.2, -0.15) is 5.10 Å². The van der Waals surface area contributed by atoms with Crippen molar-refractivity contribution in [2.45, 2.75) is 0 Å². The van der Waals surface area contributed by atoms with Crippen molar-refractivity contribution in [1.82, 2.24) is 9.78 Å². The summed E-state index contributed by atoms with van der Waals surface area (Å²) in [7, 11) is 1.77. The Kier molecular flexibility index (Phi) is 3.14. The lowest BCUT2D eigenvalue weighted by Crippen LogP contribution is -1.96. The minimum atomic E-state index is -0.339. The Bertz CT molecular complexity index is 614. The number of allylic oxidation sites excluding steroid dienone is 1. The monoisotopic (exact) mass is 244 g/mol. The van der Waals surface area contributed by atoms with E-state index >= 15 is 0 Å². The first-order chi connectivity index (χ1) is 8.58. The van der Waals surface area contributed by atoms with Crippen molar-refractivity contribution < 1.29 is 15.0 Å². The van der Waals surface area contributed by atoms with Crippen LogP contribution in [0, 0.1) is 0 Å². The number of nitrogens with zero attached hydrogens (tertiary/aromatic N) is 2. The normalized spacial score (nSPS) is 10.9. The quantitative estimate of drug-likeness (QED) is 0.636. The Labute approximate surface area is 104 Å². The minimum absolute atomic E-state index is 0.0836. The third-order valence-electron chi connectivity index (χ3n) is 2.51. The van der Waals surface area contributed by atoms with Crippen molar-refractivity contribution in [3.63, 3.8) is 0 Å². The van der Waals surface area contributed by atoms with Gasteiger partial charge in [0.05, 0.1) is 11.3 Å². The minimum Gasteiger partial charge on any atom is -0.508 e. The molecule has 2 N–H and O–H groups in total. The van der Waals surface area contributed by atoms with Crippen LogP contribution < -0.4 is 0 Å². The predicted molar refractivity (Wildman–Crippen MR) is 66.3 cm³/mol. The van der Waals surface area contributed by atoms with E-state index in [0.29, 0.717) is 0 Å². The molecule has 0 aliphatic rings. The lowest BCUT2D eigenvalue weighted by molar-refractivity contribution is 0.104. The van der Waals surface area contributed by atoms with E-state index in [1.807, 2.05) is 0 Å². The Balaban J connectivity index is 2.22. The van der Waals surface area contributed by atoms with Crippen LogP contribution in [0.2, 0.25) is 0 Å². The molecule has 1 aromatic heterocycles. The largest absolute Gasteiger partial charge is 0.508 e. The van der Waals surface area contributed by atoms with Gasteiger partial charge in [-0.25, -0.2) is 0 Å². The van der Waals surface area contributed by atoms with Crippen LogP contribution in [0.3, 0.4) is 0 Å². The number of aryl methyl sites for hydroxylation is 1. The van der Waals surface area contributed by atoms with Crippen LogP contribution in [0.5, 0.6) is 11.5 Å². The van der Waals surface area contributed by atoms with Gasteiger partial charge in [0.2, 0.25) is 0 Å². The first kappa shape index (κ1) is 11.9. The van der Waals surface area contributed by atoms with Crippen molar-refractivity contribution in [2.24, 2.45) is 7.05 Å². The molecule has 5 heteroatoms. The summed E-state index contributed by atoms with van der Waals surface area (Å²) in [4.78, 5) is 11.8. The number of carbonyl (C=O) groups excluding carboxylic acids is 1. The molecule has 0 amide bonds. The maximum atomic E-state index is 11.8. The summed E-state index contributed by atoms with van der Waals surface area (Å²) < 4.78 is 1.63. The van der Waals surface area contributed by atoms with Crippen molar-refractivity contribution >= 4 is 11.9 Å². The van der Waals surface area contributed by atoms with Gasteiger partial charge >= 0.3 is 0 Å². The summed E-state index contributed by atoms with van der Waals surface area (Å²) in [6.45, 7) is 0. The molecular weight excluding hydrogens is 232 g/mol. The van der Waals surface area contributed by atoms with Gasteiger partial charge in [-0.15, -0.1) is 0 Å². The van der Waals surface area contributed by atoms with Crippen LogP contribution in [0.4, 0.5) is 0 Å². The summed E-state index contributed by atoms with van der Waals surface area (Å²) >= 11 is 0. The van der Waals surface area contributed by atoms with Crippen LogP contribution in [0.15, 0.2) is 36.5 Å². The number of aromatic nitrogens is 2. The Morgan fingerprint density at radius 2 is 2.11 bits per heavy atom. The number of benzene rings is 1. The molecule has 0 radical (unpaired) electrons. The second kappa shape index (κ2) is 4.75. The van der Waals surface area contributed by atoms with Gasteiger partial charge in [-0.05, 0) is 30.4 Å². The lowest BCUT2D eigenvalue weighted by atomic mass is 10.1. The number of phenolic OH excluding ortho intramolecular Hbond substituents is 2. The van der Waals surface area contributed by atoms with Crippen LogP contribution >= 0.6 is 0 Å². The van der Waals surface area contributed by atoms with Gasteiger partial charge < -0.3 is 10.2 Å². The van der Waals surface area contributed by atoms with Gasteiger partial charge in [-0.1, -0.05) is 0 Å². The zero-order valence-corrected chi connectivity index (χ0v) is 9.74. The number of aromatic hydroxyl groups is 2. The fourth-order valence-corrected chi connectivity index (χ4v) is 1.53. The maximum Gasteiger partial charge on any atom is 0.189 e. The number of rotatable bonds is 3. The maximum absolute atomic E-state index is 11.8. The van der Waals surface area contributed by atoms with E-state index < -0.39 is 0 Å². The molecule has 5 nitrogen and oxygen atoms in total. The van der Waals surface area contributed by atoms with E-state index in [4.69, 9.17) is 5.11 Å². The highest BCUT2D eigenvalue weighted by Gasteiger charge is 2.08. The predicted octanol–water partition coefficient (Wildman–Crippen LogP) is 1.73. The first-order valence-electron chi connectivity index (χ1n) is 5.30. The fraction of sp³-hybridized carbons (Fsp3) is 0.0769. The molecule has 0 unspecified atom stereocenters. The fourth-order valence-electron chi connectivity index (χ4n) is 1.53. The summed E-state index contributed by atoms with van der Waals surface area (Å²) in [5.41, 5.74) is 0.924. The molecule has 0 fully saturated rings. The van der Waals surface area contributed by atoms with E-state index in [-0.39, 0.29) is 22.8 Å². The Morgan fingerprint density at radius 1 is 1.33 bits per heavy atom. The average molecular weight is 244 g/mol. The van der Waals surface area contributed by atoms with E-state index in [9.17, 15) is 9.90 Å². The highest BCUT2D eigenvalue weighted by molar-refractivity contribution is 6.08. The molecular formula is C13H12N2O3. The number of hydrogen-bond acceptors (Lipinski definition) is 4. The molecule has 0 saturated carbocycles. The third kappa shape index (κ3) is 2.40. The van der Waals surface area contributed by atoms with Crippen molar-refractivity contribution in [3.05, 3.63) is 47.8 Å². The van der Waals surface area contributed by atoms with Crippen molar-refractivity contribution in [1.29, 1.82) is 0 Å². The molecule has 0 bridgehead atoms. The molecule has 0 spiro atoms. The van der Waals surface area contributed by atoms with Crippen molar-refractivity contribution in [3.8, 4) is 11.5 Å². The van der Waals surface area contributed by atoms with Gasteiger partial charge in [-0.3, -0.25) is 9.48 Å². The molecule has 0 atom stereocenters. The molecule has 0 aliphatic carbocycles. The smallest absolute Gasteiger partial charge is 0.189 e. The summed E-state index contributed by atoms with van der Waals surface area (Å²) in [6, 6.07) is 5.62. The standard InChI is InChI=1S/C13H12N2O3/c1-15-9(6-7-14-15)2-5-12(17)11-4-3-10(16)8-13(11)18/h2-8,16,18H,1H3/b5-2+. The third-order valence-corrected chi connectivity index (χ3v) is 2.51. The average Bonchev–Trinajstić information content (AvgIpc) is 2.72. The SMILES string of the molecule is Cn1nccc1/C=C/C(=O)c1ccc(O)cc1O. The molecule has 1 heterocycles. The lowest BCUT2D eigenvalue weighted by Gasteiger charge is -2.00. The van der Waals surface area contributed by atoms with Crippen LogP contribution in [-0.2, 0) is 7.05 Å². The second-order valence-corrected chi connectivity index (χ2v) is 3.78. The van der Waals surface area contributed by atoms with E-state index in [2.05, 4.69) is 5.10 Å². The summed E-state index contributed by atoms with van der Waals surface area (Å²) in [5, 5.41) is 22.6. The molecule has 18 heavy (non-hydrogen) atoms. The first-order valence-corrected chi connectivity index (χ1v) is 5.30. The van der Waals surface area contributed by atoms with Crippen LogP contribution in [-0.4, -0.2) is 25.8 Å². The summed E-state index contributed by atoms with van der Waals surface area (Å²) in [6.07, 6.45) is 4.59. The van der Waals surface area contributed by atoms with E-state index in [0.717, 1.165) is 11.8 Å². The number of carbonyl (C=O) groups is 1. The van der Waals surface area contributed by atoms with Gasteiger partial charge in [0, 0.05) is 19.3 Å². The van der Waals surface area contributed by atoms with Gasteiger partial charge in [0.1, 0.15) is 11.5 Å². The number of ketones is 1. The molecule has 92 valence electrons. The Morgan fingerprint density at radius 3 is 2.72 bits per heavy atom. The molecule has 0 saturated heterocycles. The van der Waals surface area contributed by atoms with Crippen LogP contribution in [0.25, 0.3) is 6.08 Å². The van der Waals surface area contributed by atoms with E-state index in [1.165, 1.54) is 18.2 Å². The highest BCUT2D eigenvalue weighted by atomic mass is 16.3.